The second-order valence-electron chi connectivity index (χ2n) is 3.46. The van der Waals surface area contributed by atoms with E-state index in [1.165, 1.54) is 0 Å². The minimum Gasteiger partial charge on any atom is -0.347 e. The maximum absolute atomic E-state index is 11.3. The Morgan fingerprint density at radius 1 is 1.58 bits per heavy atom. The van der Waals surface area contributed by atoms with Crippen LogP contribution in [0.25, 0.3) is 0 Å². The first kappa shape index (κ1) is 9.42. The Morgan fingerprint density at radius 3 is 2.50 bits per heavy atom. The number of carbonyl (C=O) groups is 1. The second-order valence-corrected chi connectivity index (χ2v) is 3.46. The van der Waals surface area contributed by atoms with E-state index < -0.39 is 11.9 Å². The van der Waals surface area contributed by atoms with Gasteiger partial charge in [0.15, 0.2) is 11.6 Å². The van der Waals surface area contributed by atoms with Crippen molar-refractivity contribution in [3.05, 3.63) is 12.2 Å². The lowest BCUT2D eigenvalue weighted by molar-refractivity contribution is -0.149. The van der Waals surface area contributed by atoms with E-state index in [-0.39, 0.29) is 5.78 Å². The summed E-state index contributed by atoms with van der Waals surface area (Å²) in [6, 6.07) is 0. The standard InChI is InChI=1S/C9H14O3/c1-6(2)8(10)7-5-11-9(3,4)12-7/h7H,1,5H2,2-4H3. The van der Waals surface area contributed by atoms with E-state index in [4.69, 9.17) is 9.47 Å². The van der Waals surface area contributed by atoms with Crippen molar-refractivity contribution in [2.75, 3.05) is 6.61 Å². The molecule has 0 amide bonds. The SMILES string of the molecule is C=C(C)C(=O)C1COC(C)(C)O1. The van der Waals surface area contributed by atoms with Crippen LogP contribution >= 0.6 is 0 Å². The van der Waals surface area contributed by atoms with Crippen LogP contribution in [0.1, 0.15) is 20.8 Å². The van der Waals surface area contributed by atoms with Crippen LogP contribution in [-0.4, -0.2) is 24.3 Å². The van der Waals surface area contributed by atoms with E-state index in [0.717, 1.165) is 0 Å². The highest BCUT2D eigenvalue weighted by molar-refractivity contribution is 5.97. The van der Waals surface area contributed by atoms with Crippen LogP contribution in [0.15, 0.2) is 12.2 Å². The smallest absolute Gasteiger partial charge is 0.189 e. The number of hydrogen-bond donors (Lipinski definition) is 0. The highest BCUT2D eigenvalue weighted by Crippen LogP contribution is 2.23. The molecule has 1 aliphatic heterocycles. The van der Waals surface area contributed by atoms with Crippen molar-refractivity contribution in [3.63, 3.8) is 0 Å². The van der Waals surface area contributed by atoms with Gasteiger partial charge in [0.05, 0.1) is 6.61 Å². The topological polar surface area (TPSA) is 35.5 Å². The normalized spacial score (nSPS) is 27.1. The molecule has 0 aromatic heterocycles. The molecule has 3 heteroatoms. The van der Waals surface area contributed by atoms with Gasteiger partial charge in [0.2, 0.25) is 0 Å². The molecule has 0 aromatic rings. The molecule has 0 radical (unpaired) electrons. The minimum atomic E-state index is -0.629. The maximum atomic E-state index is 11.3. The molecular weight excluding hydrogens is 156 g/mol. The van der Waals surface area contributed by atoms with Crippen LogP contribution in [0, 0.1) is 0 Å². The van der Waals surface area contributed by atoms with Crippen molar-refractivity contribution >= 4 is 5.78 Å². The van der Waals surface area contributed by atoms with Crippen molar-refractivity contribution < 1.29 is 14.3 Å². The van der Waals surface area contributed by atoms with Crippen LogP contribution in [0.5, 0.6) is 0 Å². The molecule has 0 N–H and O–H groups in total. The fourth-order valence-corrected chi connectivity index (χ4v) is 1.09. The molecule has 3 nitrogen and oxygen atoms in total. The molecular formula is C9H14O3. The minimum absolute atomic E-state index is 0.0689. The summed E-state index contributed by atoms with van der Waals surface area (Å²) in [5.41, 5.74) is 0.515. The summed E-state index contributed by atoms with van der Waals surface area (Å²) in [7, 11) is 0. The maximum Gasteiger partial charge on any atom is 0.189 e. The summed E-state index contributed by atoms with van der Waals surface area (Å²) in [6.45, 7) is 9.15. The van der Waals surface area contributed by atoms with Gasteiger partial charge in [0, 0.05) is 0 Å². The fraction of sp³-hybridized carbons (Fsp3) is 0.667. The highest BCUT2D eigenvalue weighted by atomic mass is 16.7. The summed E-state index contributed by atoms with van der Waals surface area (Å²) in [5, 5.41) is 0. The number of carbonyl (C=O) groups excluding carboxylic acids is 1. The fourth-order valence-electron chi connectivity index (χ4n) is 1.09. The van der Waals surface area contributed by atoms with Crippen molar-refractivity contribution in [2.45, 2.75) is 32.7 Å². The van der Waals surface area contributed by atoms with Crippen LogP contribution in [0.4, 0.5) is 0 Å². The van der Waals surface area contributed by atoms with Crippen LogP contribution in [0.3, 0.4) is 0 Å². The molecule has 0 bridgehead atoms. The van der Waals surface area contributed by atoms with Gasteiger partial charge in [-0.05, 0) is 26.3 Å². The third-order valence-corrected chi connectivity index (χ3v) is 1.72. The van der Waals surface area contributed by atoms with E-state index in [1.807, 2.05) is 0 Å². The van der Waals surface area contributed by atoms with E-state index >= 15 is 0 Å². The first-order valence-electron chi connectivity index (χ1n) is 3.94. The zero-order valence-corrected chi connectivity index (χ0v) is 7.72. The molecule has 1 aliphatic rings. The number of ether oxygens (including phenoxy) is 2. The summed E-state index contributed by atoms with van der Waals surface area (Å²) in [4.78, 5) is 11.3. The van der Waals surface area contributed by atoms with Gasteiger partial charge in [-0.25, -0.2) is 0 Å². The summed E-state index contributed by atoms with van der Waals surface area (Å²) < 4.78 is 10.6. The molecule has 1 atom stereocenters. The zero-order chi connectivity index (χ0) is 9.35. The average molecular weight is 170 g/mol. The van der Waals surface area contributed by atoms with Crippen molar-refractivity contribution in [1.82, 2.24) is 0 Å². The Labute approximate surface area is 72.4 Å². The van der Waals surface area contributed by atoms with Gasteiger partial charge in [0.1, 0.15) is 6.10 Å². The summed E-state index contributed by atoms with van der Waals surface area (Å²) in [6.07, 6.45) is -0.461. The molecule has 12 heavy (non-hydrogen) atoms. The van der Waals surface area contributed by atoms with Crippen molar-refractivity contribution in [3.8, 4) is 0 Å². The first-order chi connectivity index (χ1) is 5.42. The second kappa shape index (κ2) is 2.99. The highest BCUT2D eigenvalue weighted by Gasteiger charge is 2.36. The van der Waals surface area contributed by atoms with Gasteiger partial charge in [0.25, 0.3) is 0 Å². The molecule has 1 heterocycles. The van der Waals surface area contributed by atoms with Gasteiger partial charge in [-0.1, -0.05) is 6.58 Å². The summed E-state index contributed by atoms with van der Waals surface area (Å²) >= 11 is 0. The molecule has 0 aromatic carbocycles. The van der Waals surface area contributed by atoms with Gasteiger partial charge < -0.3 is 9.47 Å². The lowest BCUT2D eigenvalue weighted by Crippen LogP contribution is -2.27. The van der Waals surface area contributed by atoms with Crippen LogP contribution in [0.2, 0.25) is 0 Å². The predicted octanol–water partition coefficient (Wildman–Crippen LogP) is 1.28. The molecule has 0 aliphatic carbocycles. The molecule has 1 fully saturated rings. The van der Waals surface area contributed by atoms with E-state index in [0.29, 0.717) is 12.2 Å². The lowest BCUT2D eigenvalue weighted by atomic mass is 10.1. The first-order valence-corrected chi connectivity index (χ1v) is 3.94. The Hall–Kier alpha value is -0.670. The largest absolute Gasteiger partial charge is 0.347 e. The molecule has 1 rings (SSSR count). The van der Waals surface area contributed by atoms with Gasteiger partial charge in [-0.15, -0.1) is 0 Å². The van der Waals surface area contributed by atoms with Gasteiger partial charge >= 0.3 is 0 Å². The quantitative estimate of drug-likeness (QED) is 0.586. The van der Waals surface area contributed by atoms with E-state index in [2.05, 4.69) is 6.58 Å². The number of hydrogen-bond acceptors (Lipinski definition) is 3. The van der Waals surface area contributed by atoms with Gasteiger partial charge in [-0.3, -0.25) is 4.79 Å². The monoisotopic (exact) mass is 170 g/mol. The molecule has 0 saturated carbocycles. The Morgan fingerprint density at radius 2 is 2.17 bits per heavy atom. The molecule has 0 spiro atoms. The van der Waals surface area contributed by atoms with Crippen LogP contribution in [-0.2, 0) is 14.3 Å². The van der Waals surface area contributed by atoms with Crippen LogP contribution < -0.4 is 0 Å². The number of ketones is 1. The van der Waals surface area contributed by atoms with Crippen molar-refractivity contribution in [2.24, 2.45) is 0 Å². The van der Waals surface area contributed by atoms with E-state index in [1.54, 1.807) is 20.8 Å². The Balaban J connectivity index is 2.59. The third kappa shape index (κ3) is 1.93. The molecule has 1 saturated heterocycles. The average Bonchev–Trinajstić information content (AvgIpc) is 2.28. The van der Waals surface area contributed by atoms with Gasteiger partial charge in [-0.2, -0.15) is 0 Å². The Kier molecular flexibility index (Phi) is 2.35. The molecule has 1 unspecified atom stereocenters. The Bertz CT molecular complexity index is 218. The number of rotatable bonds is 2. The third-order valence-electron chi connectivity index (χ3n) is 1.72. The summed E-state index contributed by atoms with van der Waals surface area (Å²) in [5.74, 6) is -0.698. The van der Waals surface area contributed by atoms with E-state index in [9.17, 15) is 4.79 Å². The number of Topliss-reactive ketones (excluding diaryl/α,β-unsaturated/α-hetero) is 1. The van der Waals surface area contributed by atoms with Crippen molar-refractivity contribution in [1.29, 1.82) is 0 Å². The lowest BCUT2D eigenvalue weighted by Gasteiger charge is -2.16. The predicted molar refractivity (Wildman–Crippen MR) is 44.7 cm³/mol. The zero-order valence-electron chi connectivity index (χ0n) is 7.72. The molecule has 68 valence electrons.